The van der Waals surface area contributed by atoms with Crippen LogP contribution in [0.4, 0.5) is 5.69 Å². The van der Waals surface area contributed by atoms with Crippen LogP contribution in [0.2, 0.25) is 0 Å². The van der Waals surface area contributed by atoms with Gasteiger partial charge in [-0.15, -0.1) is 0 Å². The minimum atomic E-state index is -1.37. The number of rotatable bonds is 5. The SMILES string of the molecule is COc1ccc(N2Cc3ccc(C(=O)N4C(=O)c5ccccc5C4O)cc3C2=O)cc1OC1CCCC1. The van der Waals surface area contributed by atoms with Gasteiger partial charge in [-0.2, -0.15) is 0 Å². The van der Waals surface area contributed by atoms with E-state index in [9.17, 15) is 19.5 Å². The number of aliphatic hydroxyl groups excluding tert-OH is 1. The summed E-state index contributed by atoms with van der Waals surface area (Å²) in [4.78, 5) is 42.0. The number of benzene rings is 3. The number of nitrogens with zero attached hydrogens (tertiary/aromatic N) is 2. The predicted molar refractivity (Wildman–Crippen MR) is 135 cm³/mol. The fraction of sp³-hybridized carbons (Fsp3) is 0.276. The fourth-order valence-corrected chi connectivity index (χ4v) is 5.39. The lowest BCUT2D eigenvalue weighted by molar-refractivity contribution is 0.0176. The van der Waals surface area contributed by atoms with Crippen molar-refractivity contribution < 1.29 is 29.0 Å². The van der Waals surface area contributed by atoms with Crippen LogP contribution in [0, 0.1) is 0 Å². The maximum Gasteiger partial charge on any atom is 0.263 e. The molecular formula is C29H26N2O6. The van der Waals surface area contributed by atoms with Gasteiger partial charge in [0.15, 0.2) is 17.7 Å². The first-order chi connectivity index (χ1) is 18.0. The van der Waals surface area contributed by atoms with Crippen LogP contribution >= 0.6 is 0 Å². The molecule has 1 N–H and O–H groups in total. The van der Waals surface area contributed by atoms with E-state index < -0.39 is 18.0 Å². The number of hydrogen-bond donors (Lipinski definition) is 1. The smallest absolute Gasteiger partial charge is 0.263 e. The highest BCUT2D eigenvalue weighted by Crippen LogP contribution is 2.38. The van der Waals surface area contributed by atoms with E-state index >= 15 is 0 Å². The van der Waals surface area contributed by atoms with E-state index in [0.29, 0.717) is 40.4 Å². The maximum absolute atomic E-state index is 13.4. The van der Waals surface area contributed by atoms with Crippen molar-refractivity contribution in [3.63, 3.8) is 0 Å². The fourth-order valence-electron chi connectivity index (χ4n) is 5.39. The summed E-state index contributed by atoms with van der Waals surface area (Å²) >= 11 is 0. The number of carbonyl (C=O) groups is 3. The molecule has 2 heterocycles. The molecule has 1 aliphatic carbocycles. The van der Waals surface area contributed by atoms with Crippen molar-refractivity contribution in [1.29, 1.82) is 0 Å². The molecule has 3 aromatic rings. The molecule has 3 amide bonds. The number of anilines is 1. The van der Waals surface area contributed by atoms with E-state index in [4.69, 9.17) is 9.47 Å². The average molecular weight is 499 g/mol. The van der Waals surface area contributed by atoms with Crippen molar-refractivity contribution in [2.45, 2.75) is 44.6 Å². The molecule has 1 saturated carbocycles. The molecule has 6 rings (SSSR count). The third-order valence-electron chi connectivity index (χ3n) is 7.37. The number of fused-ring (bicyclic) bond motifs is 2. The van der Waals surface area contributed by atoms with E-state index in [-0.39, 0.29) is 17.6 Å². The standard InChI is InChI=1S/C29H26N2O6/c1-36-24-13-12-19(15-25(24)37-20-6-2-3-7-20)30-16-18-11-10-17(14-23(18)27(30)33)26(32)31-28(34)21-8-4-5-9-22(21)29(31)35/h4-5,8-15,20,28,34H,2-3,6-7,16H2,1H3. The minimum Gasteiger partial charge on any atom is -0.493 e. The molecule has 0 aromatic heterocycles. The Bertz CT molecular complexity index is 1430. The molecule has 0 saturated heterocycles. The molecule has 1 fully saturated rings. The zero-order valence-corrected chi connectivity index (χ0v) is 20.3. The van der Waals surface area contributed by atoms with Gasteiger partial charge in [0.25, 0.3) is 17.7 Å². The Morgan fingerprint density at radius 2 is 1.70 bits per heavy atom. The Labute approximate surface area is 214 Å². The van der Waals surface area contributed by atoms with Crippen LogP contribution in [0.5, 0.6) is 11.5 Å². The number of ether oxygens (including phenoxy) is 2. The first kappa shape index (κ1) is 23.2. The van der Waals surface area contributed by atoms with Gasteiger partial charge in [-0.05, 0) is 61.6 Å². The summed E-state index contributed by atoms with van der Waals surface area (Å²) in [7, 11) is 1.59. The number of methoxy groups -OCH3 is 1. The zero-order chi connectivity index (χ0) is 25.7. The van der Waals surface area contributed by atoms with Crippen LogP contribution in [-0.4, -0.2) is 40.9 Å². The quantitative estimate of drug-likeness (QED) is 0.522. The largest absolute Gasteiger partial charge is 0.493 e. The second-order valence-corrected chi connectivity index (χ2v) is 9.56. The van der Waals surface area contributed by atoms with Gasteiger partial charge in [0, 0.05) is 34.0 Å². The van der Waals surface area contributed by atoms with Gasteiger partial charge in [-0.3, -0.25) is 14.4 Å². The molecule has 8 nitrogen and oxygen atoms in total. The van der Waals surface area contributed by atoms with Crippen molar-refractivity contribution >= 4 is 23.4 Å². The van der Waals surface area contributed by atoms with Crippen LogP contribution in [0.3, 0.4) is 0 Å². The summed E-state index contributed by atoms with van der Waals surface area (Å²) < 4.78 is 11.7. The van der Waals surface area contributed by atoms with Crippen LogP contribution in [0.15, 0.2) is 60.7 Å². The van der Waals surface area contributed by atoms with E-state index in [2.05, 4.69) is 0 Å². The molecule has 0 spiro atoms. The summed E-state index contributed by atoms with van der Waals surface area (Å²) in [6.45, 7) is 0.342. The Kier molecular flexibility index (Phi) is 5.68. The first-order valence-electron chi connectivity index (χ1n) is 12.4. The van der Waals surface area contributed by atoms with Crippen molar-refractivity contribution in [3.05, 3.63) is 88.5 Å². The molecule has 3 aliphatic rings. The second kappa shape index (κ2) is 9.05. The number of amides is 3. The van der Waals surface area contributed by atoms with Gasteiger partial charge >= 0.3 is 0 Å². The van der Waals surface area contributed by atoms with Gasteiger partial charge < -0.3 is 19.5 Å². The molecule has 3 aromatic carbocycles. The average Bonchev–Trinajstić information content (AvgIpc) is 3.61. The van der Waals surface area contributed by atoms with Gasteiger partial charge in [0.05, 0.1) is 19.8 Å². The highest BCUT2D eigenvalue weighted by Gasteiger charge is 2.40. The third-order valence-corrected chi connectivity index (χ3v) is 7.37. The topological polar surface area (TPSA) is 96.4 Å². The van der Waals surface area contributed by atoms with Crippen molar-refractivity contribution in [2.24, 2.45) is 0 Å². The molecule has 0 radical (unpaired) electrons. The molecule has 1 unspecified atom stereocenters. The van der Waals surface area contributed by atoms with Crippen LogP contribution < -0.4 is 14.4 Å². The highest BCUT2D eigenvalue weighted by molar-refractivity contribution is 6.15. The minimum absolute atomic E-state index is 0.138. The molecule has 188 valence electrons. The van der Waals surface area contributed by atoms with E-state index in [1.807, 2.05) is 12.1 Å². The van der Waals surface area contributed by atoms with Gasteiger partial charge in [-0.1, -0.05) is 24.3 Å². The van der Waals surface area contributed by atoms with Crippen LogP contribution in [0.1, 0.15) is 74.1 Å². The summed E-state index contributed by atoms with van der Waals surface area (Å²) in [5.41, 5.74) is 2.67. The summed E-state index contributed by atoms with van der Waals surface area (Å²) in [6, 6.07) is 16.8. The Morgan fingerprint density at radius 1 is 0.919 bits per heavy atom. The Balaban J connectivity index is 1.26. The maximum atomic E-state index is 13.4. The Morgan fingerprint density at radius 3 is 2.46 bits per heavy atom. The van der Waals surface area contributed by atoms with Gasteiger partial charge in [0.1, 0.15) is 0 Å². The molecule has 8 heteroatoms. The lowest BCUT2D eigenvalue weighted by Crippen LogP contribution is -2.34. The number of hydrogen-bond acceptors (Lipinski definition) is 6. The number of carbonyl (C=O) groups excluding carboxylic acids is 3. The number of imide groups is 1. The number of aliphatic hydroxyl groups is 1. The van der Waals surface area contributed by atoms with E-state index in [1.54, 1.807) is 54.5 Å². The molecular weight excluding hydrogens is 472 g/mol. The third kappa shape index (κ3) is 3.84. The normalized spacial score (nSPS) is 18.8. The predicted octanol–water partition coefficient (Wildman–Crippen LogP) is 4.46. The highest BCUT2D eigenvalue weighted by atomic mass is 16.5. The van der Waals surface area contributed by atoms with Crippen LogP contribution in [-0.2, 0) is 6.54 Å². The van der Waals surface area contributed by atoms with Gasteiger partial charge in [-0.25, -0.2) is 4.90 Å². The van der Waals surface area contributed by atoms with Crippen molar-refractivity contribution in [2.75, 3.05) is 12.0 Å². The Hall–Kier alpha value is -4.17. The van der Waals surface area contributed by atoms with E-state index in [1.165, 1.54) is 6.07 Å². The summed E-state index contributed by atoms with van der Waals surface area (Å²) in [6.07, 6.45) is 3.04. The second-order valence-electron chi connectivity index (χ2n) is 9.56. The zero-order valence-electron chi connectivity index (χ0n) is 20.3. The van der Waals surface area contributed by atoms with Crippen molar-refractivity contribution in [3.8, 4) is 11.5 Å². The molecule has 0 bridgehead atoms. The summed E-state index contributed by atoms with van der Waals surface area (Å²) in [5, 5.41) is 10.6. The lowest BCUT2D eigenvalue weighted by atomic mass is 10.1. The molecule has 37 heavy (non-hydrogen) atoms. The molecule has 2 aliphatic heterocycles. The van der Waals surface area contributed by atoms with E-state index in [0.717, 1.165) is 36.1 Å². The molecule has 1 atom stereocenters. The monoisotopic (exact) mass is 498 g/mol. The van der Waals surface area contributed by atoms with Crippen molar-refractivity contribution in [1.82, 2.24) is 4.90 Å². The van der Waals surface area contributed by atoms with Crippen LogP contribution in [0.25, 0.3) is 0 Å². The van der Waals surface area contributed by atoms with Gasteiger partial charge in [0.2, 0.25) is 0 Å². The summed E-state index contributed by atoms with van der Waals surface area (Å²) in [5.74, 6) is -0.248. The lowest BCUT2D eigenvalue weighted by Gasteiger charge is -2.20. The first-order valence-corrected chi connectivity index (χ1v) is 12.4.